The van der Waals surface area contributed by atoms with E-state index >= 15 is 0 Å². The Morgan fingerprint density at radius 1 is 1.14 bits per heavy atom. The molecule has 0 saturated carbocycles. The molecule has 0 fully saturated rings. The number of rotatable bonds is 7. The second kappa shape index (κ2) is 8.15. The van der Waals surface area contributed by atoms with Gasteiger partial charge < -0.3 is 21.3 Å². The van der Waals surface area contributed by atoms with Crippen molar-refractivity contribution in [2.24, 2.45) is 0 Å². The lowest BCUT2D eigenvalue weighted by atomic mass is 10.0. The van der Waals surface area contributed by atoms with Gasteiger partial charge in [-0.3, -0.25) is 0 Å². The normalized spacial score (nSPS) is 13.8. The summed E-state index contributed by atoms with van der Waals surface area (Å²) in [5, 5.41) is 23.4. The van der Waals surface area contributed by atoms with Crippen LogP contribution in [0.2, 0.25) is 5.02 Å². The van der Waals surface area contributed by atoms with E-state index in [4.69, 9.17) is 17.3 Å². The highest BCUT2D eigenvalue weighted by molar-refractivity contribution is 6.30. The molecule has 5 heteroatoms. The first-order valence-corrected chi connectivity index (χ1v) is 7.58. The highest BCUT2D eigenvalue weighted by Gasteiger charge is 2.12. The van der Waals surface area contributed by atoms with Gasteiger partial charge in [0.15, 0.2) is 0 Å². The number of benzene rings is 2. The lowest BCUT2D eigenvalue weighted by Crippen LogP contribution is -2.37. The van der Waals surface area contributed by atoms with Gasteiger partial charge in [0.1, 0.15) is 0 Å². The molecule has 22 heavy (non-hydrogen) atoms. The van der Waals surface area contributed by atoms with Crippen molar-refractivity contribution in [3.63, 3.8) is 0 Å². The van der Waals surface area contributed by atoms with Gasteiger partial charge in [0.05, 0.1) is 12.7 Å². The summed E-state index contributed by atoms with van der Waals surface area (Å²) in [6, 6.07) is 14.6. The molecule has 0 spiro atoms. The number of aliphatic hydroxyl groups excluding tert-OH is 2. The molecule has 0 heterocycles. The Hall–Kier alpha value is -1.59. The van der Waals surface area contributed by atoms with Crippen molar-refractivity contribution in [3.05, 3.63) is 64.7 Å². The summed E-state index contributed by atoms with van der Waals surface area (Å²) in [4.78, 5) is 0. The smallest absolute Gasteiger partial charge is 0.0915 e. The van der Waals surface area contributed by atoms with Crippen LogP contribution < -0.4 is 11.1 Å². The van der Waals surface area contributed by atoms with Crippen molar-refractivity contribution in [2.45, 2.75) is 18.6 Å². The van der Waals surface area contributed by atoms with Gasteiger partial charge in [-0.05, 0) is 41.8 Å². The maximum atomic E-state index is 10.2. The minimum atomic E-state index is -0.667. The number of halogens is 1. The van der Waals surface area contributed by atoms with Crippen LogP contribution in [0.1, 0.15) is 17.2 Å². The monoisotopic (exact) mass is 320 g/mol. The minimum Gasteiger partial charge on any atom is -0.399 e. The van der Waals surface area contributed by atoms with Gasteiger partial charge in [-0.25, -0.2) is 0 Å². The quantitative estimate of drug-likeness (QED) is 0.589. The van der Waals surface area contributed by atoms with Crippen LogP contribution in [0.5, 0.6) is 0 Å². The molecule has 2 aromatic rings. The Morgan fingerprint density at radius 3 is 2.50 bits per heavy atom. The summed E-state index contributed by atoms with van der Waals surface area (Å²) in [7, 11) is 0. The van der Waals surface area contributed by atoms with E-state index in [1.165, 1.54) is 0 Å². The van der Waals surface area contributed by atoms with E-state index in [0.29, 0.717) is 23.7 Å². The Kier molecular flexibility index (Phi) is 6.21. The maximum Gasteiger partial charge on any atom is 0.0915 e. The van der Waals surface area contributed by atoms with E-state index < -0.39 is 6.10 Å². The van der Waals surface area contributed by atoms with E-state index in [1.54, 1.807) is 18.2 Å². The van der Waals surface area contributed by atoms with Crippen LogP contribution in [0.3, 0.4) is 0 Å². The molecule has 0 aromatic heterocycles. The number of anilines is 1. The zero-order valence-electron chi connectivity index (χ0n) is 12.2. The van der Waals surface area contributed by atoms with Gasteiger partial charge in [0.2, 0.25) is 0 Å². The van der Waals surface area contributed by atoms with E-state index in [1.807, 2.05) is 30.3 Å². The molecule has 0 saturated heterocycles. The molecule has 0 bridgehead atoms. The molecule has 118 valence electrons. The van der Waals surface area contributed by atoms with E-state index in [2.05, 4.69) is 5.32 Å². The van der Waals surface area contributed by atoms with Gasteiger partial charge in [-0.15, -0.1) is 0 Å². The minimum absolute atomic E-state index is 0.00730. The zero-order valence-corrected chi connectivity index (χ0v) is 13.0. The van der Waals surface area contributed by atoms with E-state index in [0.717, 1.165) is 11.1 Å². The van der Waals surface area contributed by atoms with Crippen LogP contribution in [0, 0.1) is 0 Å². The summed E-state index contributed by atoms with van der Waals surface area (Å²) < 4.78 is 0. The van der Waals surface area contributed by atoms with Gasteiger partial charge >= 0.3 is 0 Å². The predicted octanol–water partition coefficient (Wildman–Crippen LogP) is 2.15. The summed E-state index contributed by atoms with van der Waals surface area (Å²) >= 11 is 5.92. The summed E-state index contributed by atoms with van der Waals surface area (Å²) in [5.41, 5.74) is 8.21. The fraction of sp³-hybridized carbons (Fsp3) is 0.294. The number of hydrogen-bond donors (Lipinski definition) is 4. The van der Waals surface area contributed by atoms with Gasteiger partial charge in [-0.1, -0.05) is 35.9 Å². The third-order valence-corrected chi connectivity index (χ3v) is 3.75. The molecular formula is C17H21ClN2O2. The Labute approximate surface area is 135 Å². The Bertz CT molecular complexity index is 589. The number of aliphatic hydroxyl groups is 2. The molecule has 5 N–H and O–H groups in total. The van der Waals surface area contributed by atoms with Crippen molar-refractivity contribution < 1.29 is 10.2 Å². The van der Waals surface area contributed by atoms with Crippen LogP contribution in [-0.4, -0.2) is 29.4 Å². The highest BCUT2D eigenvalue weighted by atomic mass is 35.5. The largest absolute Gasteiger partial charge is 0.399 e. The summed E-state index contributed by atoms with van der Waals surface area (Å²) in [6.07, 6.45) is -0.00172. The molecule has 2 aromatic carbocycles. The van der Waals surface area contributed by atoms with Crippen molar-refractivity contribution in [1.29, 1.82) is 0 Å². The average molecular weight is 321 g/mol. The molecule has 0 radical (unpaired) electrons. The van der Waals surface area contributed by atoms with Gasteiger partial charge in [-0.2, -0.15) is 0 Å². The van der Waals surface area contributed by atoms with Crippen molar-refractivity contribution >= 4 is 17.3 Å². The maximum absolute atomic E-state index is 10.2. The van der Waals surface area contributed by atoms with Crippen molar-refractivity contribution in [2.75, 3.05) is 18.9 Å². The van der Waals surface area contributed by atoms with Gasteiger partial charge in [0.25, 0.3) is 0 Å². The van der Waals surface area contributed by atoms with Crippen LogP contribution in [0.25, 0.3) is 0 Å². The molecule has 0 aliphatic heterocycles. The molecule has 2 atom stereocenters. The first kappa shape index (κ1) is 16.8. The highest BCUT2D eigenvalue weighted by Crippen LogP contribution is 2.17. The van der Waals surface area contributed by atoms with Crippen molar-refractivity contribution in [3.8, 4) is 0 Å². The van der Waals surface area contributed by atoms with Crippen LogP contribution >= 0.6 is 11.6 Å². The van der Waals surface area contributed by atoms with Gasteiger partial charge in [0, 0.05) is 23.3 Å². The Morgan fingerprint density at radius 2 is 1.86 bits per heavy atom. The number of nitrogens with one attached hydrogen (secondary N) is 1. The molecular weight excluding hydrogens is 300 g/mol. The molecule has 2 rings (SSSR count). The molecule has 0 amide bonds. The van der Waals surface area contributed by atoms with Crippen molar-refractivity contribution in [1.82, 2.24) is 5.32 Å². The topological polar surface area (TPSA) is 78.5 Å². The number of nitrogens with two attached hydrogens (primary N) is 1. The van der Waals surface area contributed by atoms with E-state index in [-0.39, 0.29) is 12.6 Å². The van der Waals surface area contributed by atoms with Crippen LogP contribution in [-0.2, 0) is 6.42 Å². The first-order chi connectivity index (χ1) is 10.6. The second-order valence-electron chi connectivity index (χ2n) is 5.30. The van der Waals surface area contributed by atoms with Crippen LogP contribution in [0.15, 0.2) is 48.5 Å². The third-order valence-electron chi connectivity index (χ3n) is 3.52. The summed E-state index contributed by atoms with van der Waals surface area (Å²) in [6.45, 7) is 0.340. The lowest BCUT2D eigenvalue weighted by Gasteiger charge is -2.19. The molecule has 0 unspecified atom stereocenters. The average Bonchev–Trinajstić information content (AvgIpc) is 2.53. The number of nitrogen functional groups attached to an aromatic ring is 1. The van der Waals surface area contributed by atoms with E-state index in [9.17, 15) is 10.2 Å². The molecule has 4 nitrogen and oxygen atoms in total. The SMILES string of the molecule is Nc1ccc(C[C@@H](CO)NC[C@H](O)c2cccc(Cl)c2)cc1. The lowest BCUT2D eigenvalue weighted by molar-refractivity contribution is 0.158. The number of hydrogen-bond acceptors (Lipinski definition) is 4. The van der Waals surface area contributed by atoms with Crippen LogP contribution in [0.4, 0.5) is 5.69 Å². The molecule has 0 aliphatic carbocycles. The second-order valence-corrected chi connectivity index (χ2v) is 5.74. The third kappa shape index (κ3) is 5.00. The standard InChI is InChI=1S/C17H21ClN2O2/c18-14-3-1-2-13(9-14)17(22)10-20-16(11-21)8-12-4-6-15(19)7-5-12/h1-7,9,16-17,20-22H,8,10-11,19H2/t16-,17-/m0/s1. The fourth-order valence-corrected chi connectivity index (χ4v) is 2.45. The predicted molar refractivity (Wildman–Crippen MR) is 89.8 cm³/mol. The Balaban J connectivity index is 1.89. The zero-order chi connectivity index (χ0) is 15.9. The summed E-state index contributed by atoms with van der Waals surface area (Å²) in [5.74, 6) is 0. The molecule has 0 aliphatic rings. The first-order valence-electron chi connectivity index (χ1n) is 7.20. The fourth-order valence-electron chi connectivity index (χ4n) is 2.25.